The fraction of sp³-hybridized carbons (Fsp3) is 0.529. The predicted molar refractivity (Wildman–Crippen MR) is 90.4 cm³/mol. The number of rotatable bonds is 8. The summed E-state index contributed by atoms with van der Waals surface area (Å²) in [5, 5.41) is 11.7. The van der Waals surface area contributed by atoms with E-state index in [1.807, 2.05) is 30.3 Å². The monoisotopic (exact) mass is 353 g/mol. The molecule has 0 heterocycles. The summed E-state index contributed by atoms with van der Waals surface area (Å²) in [5.41, 5.74) is 0.968. The van der Waals surface area contributed by atoms with Gasteiger partial charge in [0.25, 0.3) is 0 Å². The molecule has 1 aliphatic rings. The van der Waals surface area contributed by atoms with Gasteiger partial charge in [0.1, 0.15) is 4.75 Å². The number of aliphatic carboxylic acids is 1. The molecule has 1 fully saturated rings. The molecular formula is C17H23NO5S. The van der Waals surface area contributed by atoms with E-state index in [9.17, 15) is 18.0 Å². The molecule has 1 aromatic rings. The van der Waals surface area contributed by atoms with Gasteiger partial charge >= 0.3 is 5.97 Å². The number of benzene rings is 1. The highest BCUT2D eigenvalue weighted by atomic mass is 32.2. The third-order valence-corrected chi connectivity index (χ3v) is 6.66. The van der Waals surface area contributed by atoms with Crippen LogP contribution in [0, 0.1) is 0 Å². The zero-order valence-corrected chi connectivity index (χ0v) is 14.5. The van der Waals surface area contributed by atoms with Crippen molar-refractivity contribution in [2.75, 3.05) is 6.26 Å². The zero-order chi connectivity index (χ0) is 17.8. The molecule has 1 aromatic carbocycles. The highest BCUT2D eigenvalue weighted by molar-refractivity contribution is 7.93. The van der Waals surface area contributed by atoms with Crippen LogP contribution in [-0.2, 0) is 25.8 Å². The molecule has 7 heteroatoms. The molecule has 1 amide bonds. The van der Waals surface area contributed by atoms with E-state index < -0.39 is 32.5 Å². The van der Waals surface area contributed by atoms with Crippen molar-refractivity contribution in [3.8, 4) is 0 Å². The number of carboxylic acids is 1. The number of amides is 1. The summed E-state index contributed by atoms with van der Waals surface area (Å²) >= 11 is 0. The van der Waals surface area contributed by atoms with Gasteiger partial charge in [0.15, 0.2) is 9.84 Å². The van der Waals surface area contributed by atoms with Crippen LogP contribution < -0.4 is 5.32 Å². The minimum absolute atomic E-state index is 0.0797. The van der Waals surface area contributed by atoms with E-state index in [0.29, 0.717) is 25.7 Å². The summed E-state index contributed by atoms with van der Waals surface area (Å²) < 4.78 is 22.7. The first-order valence-electron chi connectivity index (χ1n) is 8.01. The van der Waals surface area contributed by atoms with Crippen molar-refractivity contribution < 1.29 is 23.1 Å². The molecule has 1 saturated carbocycles. The highest BCUT2D eigenvalue weighted by Crippen LogP contribution is 2.39. The molecule has 6 nitrogen and oxygen atoms in total. The molecule has 0 radical (unpaired) electrons. The standard InChI is InChI=1S/C17H23NO5S/c1-24(22,23)17(10-5-11-17)16(21)18-14(8-9-15(19)20)12-13-6-3-2-4-7-13/h2-4,6-7,14H,5,8-12H2,1H3,(H,18,21)(H,19,20). The Kier molecular flexibility index (Phi) is 5.64. The van der Waals surface area contributed by atoms with E-state index in [2.05, 4.69) is 5.32 Å². The summed E-state index contributed by atoms with van der Waals surface area (Å²) in [4.78, 5) is 23.5. The van der Waals surface area contributed by atoms with E-state index in [0.717, 1.165) is 11.8 Å². The number of carboxylic acid groups (broad SMARTS) is 1. The number of carbonyl (C=O) groups is 2. The van der Waals surface area contributed by atoms with Gasteiger partial charge in [-0.1, -0.05) is 30.3 Å². The molecular weight excluding hydrogens is 330 g/mol. The molecule has 24 heavy (non-hydrogen) atoms. The molecule has 1 unspecified atom stereocenters. The van der Waals surface area contributed by atoms with Gasteiger partial charge < -0.3 is 10.4 Å². The minimum Gasteiger partial charge on any atom is -0.481 e. The second-order valence-corrected chi connectivity index (χ2v) is 8.74. The van der Waals surface area contributed by atoms with Gasteiger partial charge in [0.2, 0.25) is 5.91 Å². The molecule has 1 atom stereocenters. The van der Waals surface area contributed by atoms with Gasteiger partial charge in [-0.3, -0.25) is 9.59 Å². The van der Waals surface area contributed by atoms with E-state index in [-0.39, 0.29) is 12.8 Å². The summed E-state index contributed by atoms with van der Waals surface area (Å²) in [5.74, 6) is -1.44. The predicted octanol–water partition coefficient (Wildman–Crippen LogP) is 1.55. The van der Waals surface area contributed by atoms with Gasteiger partial charge in [-0.15, -0.1) is 0 Å². The van der Waals surface area contributed by atoms with Crippen molar-refractivity contribution in [3.63, 3.8) is 0 Å². The third kappa shape index (κ3) is 4.14. The number of carbonyl (C=O) groups excluding carboxylic acids is 1. The van der Waals surface area contributed by atoms with Gasteiger partial charge in [0, 0.05) is 18.7 Å². The summed E-state index contributed by atoms with van der Waals surface area (Å²) in [6.45, 7) is 0. The van der Waals surface area contributed by atoms with E-state index in [4.69, 9.17) is 5.11 Å². The number of hydrogen-bond donors (Lipinski definition) is 2. The smallest absolute Gasteiger partial charge is 0.303 e. The Hall–Kier alpha value is -1.89. The van der Waals surface area contributed by atoms with Crippen molar-refractivity contribution in [2.24, 2.45) is 0 Å². The van der Waals surface area contributed by atoms with Gasteiger partial charge in [-0.05, 0) is 37.7 Å². The fourth-order valence-corrected chi connectivity index (χ4v) is 4.43. The number of hydrogen-bond acceptors (Lipinski definition) is 4. The number of sulfone groups is 1. The molecule has 0 aromatic heterocycles. The van der Waals surface area contributed by atoms with Crippen LogP contribution in [-0.4, -0.2) is 42.4 Å². The molecule has 1 aliphatic carbocycles. The molecule has 132 valence electrons. The average molecular weight is 353 g/mol. The third-order valence-electron chi connectivity index (χ3n) is 4.65. The van der Waals surface area contributed by atoms with Crippen LogP contribution in [0.2, 0.25) is 0 Å². The lowest BCUT2D eigenvalue weighted by molar-refractivity contribution is -0.137. The van der Waals surface area contributed by atoms with Crippen LogP contribution in [0.5, 0.6) is 0 Å². The Morgan fingerprint density at radius 3 is 2.33 bits per heavy atom. The highest BCUT2D eigenvalue weighted by Gasteiger charge is 2.53. The minimum atomic E-state index is -3.51. The normalized spacial score (nSPS) is 17.5. The number of nitrogens with one attached hydrogen (secondary N) is 1. The molecule has 2 rings (SSSR count). The summed E-state index contributed by atoms with van der Waals surface area (Å²) in [6, 6.07) is 9.01. The van der Waals surface area contributed by atoms with Crippen LogP contribution in [0.25, 0.3) is 0 Å². The molecule has 0 saturated heterocycles. The van der Waals surface area contributed by atoms with E-state index in [1.54, 1.807) is 0 Å². The summed E-state index contributed by atoms with van der Waals surface area (Å²) in [7, 11) is -3.51. The van der Waals surface area contributed by atoms with Gasteiger partial charge in [0.05, 0.1) is 0 Å². The lowest BCUT2D eigenvalue weighted by Gasteiger charge is -2.39. The largest absolute Gasteiger partial charge is 0.481 e. The first-order valence-corrected chi connectivity index (χ1v) is 9.90. The van der Waals surface area contributed by atoms with Gasteiger partial charge in [-0.25, -0.2) is 8.42 Å². The Morgan fingerprint density at radius 2 is 1.88 bits per heavy atom. The quantitative estimate of drug-likeness (QED) is 0.738. The fourth-order valence-electron chi connectivity index (χ4n) is 3.00. The molecule has 0 spiro atoms. The van der Waals surface area contributed by atoms with Crippen molar-refractivity contribution >= 4 is 21.7 Å². The first-order chi connectivity index (χ1) is 11.2. The Morgan fingerprint density at radius 1 is 1.25 bits per heavy atom. The second-order valence-electron chi connectivity index (χ2n) is 6.41. The van der Waals surface area contributed by atoms with E-state index in [1.165, 1.54) is 0 Å². The van der Waals surface area contributed by atoms with Crippen LogP contribution in [0.15, 0.2) is 30.3 Å². The molecule has 0 bridgehead atoms. The zero-order valence-electron chi connectivity index (χ0n) is 13.7. The van der Waals surface area contributed by atoms with Gasteiger partial charge in [-0.2, -0.15) is 0 Å². The first kappa shape index (κ1) is 18.4. The maximum absolute atomic E-state index is 12.6. The Labute approximate surface area is 142 Å². The SMILES string of the molecule is CS(=O)(=O)C1(C(=O)NC(CCC(=O)O)Cc2ccccc2)CCC1. The van der Waals surface area contributed by atoms with Crippen molar-refractivity contribution in [1.82, 2.24) is 5.32 Å². The van der Waals surface area contributed by atoms with Crippen LogP contribution in [0.1, 0.15) is 37.7 Å². The lowest BCUT2D eigenvalue weighted by Crippen LogP contribution is -2.58. The van der Waals surface area contributed by atoms with Crippen molar-refractivity contribution in [1.29, 1.82) is 0 Å². The van der Waals surface area contributed by atoms with E-state index >= 15 is 0 Å². The second kappa shape index (κ2) is 7.34. The Bertz CT molecular complexity index is 695. The maximum atomic E-state index is 12.6. The van der Waals surface area contributed by atoms with Crippen LogP contribution in [0.4, 0.5) is 0 Å². The van der Waals surface area contributed by atoms with Crippen LogP contribution in [0.3, 0.4) is 0 Å². The van der Waals surface area contributed by atoms with Crippen molar-refractivity contribution in [3.05, 3.63) is 35.9 Å². The Balaban J connectivity index is 2.12. The van der Waals surface area contributed by atoms with Crippen LogP contribution >= 0.6 is 0 Å². The maximum Gasteiger partial charge on any atom is 0.303 e. The average Bonchev–Trinajstić information content (AvgIpc) is 2.42. The van der Waals surface area contributed by atoms with Crippen molar-refractivity contribution in [2.45, 2.75) is 49.3 Å². The molecule has 2 N–H and O–H groups in total. The topological polar surface area (TPSA) is 101 Å². The summed E-state index contributed by atoms with van der Waals surface area (Å²) in [6.07, 6.45) is 3.11. The molecule has 0 aliphatic heterocycles. The lowest BCUT2D eigenvalue weighted by atomic mass is 9.83.